The van der Waals surface area contributed by atoms with Gasteiger partial charge in [-0.1, -0.05) is 12.1 Å². The van der Waals surface area contributed by atoms with Crippen molar-refractivity contribution in [1.82, 2.24) is 9.88 Å². The van der Waals surface area contributed by atoms with Gasteiger partial charge in [0.25, 0.3) is 0 Å². The highest BCUT2D eigenvalue weighted by molar-refractivity contribution is 5.82. The van der Waals surface area contributed by atoms with E-state index in [0.29, 0.717) is 31.0 Å². The van der Waals surface area contributed by atoms with Crippen LogP contribution in [0.1, 0.15) is 11.1 Å². The first kappa shape index (κ1) is 15.0. The molecule has 0 atom stereocenters. The van der Waals surface area contributed by atoms with E-state index in [2.05, 4.69) is 11.1 Å². The summed E-state index contributed by atoms with van der Waals surface area (Å²) in [6, 6.07) is 11.6. The highest BCUT2D eigenvalue weighted by Crippen LogP contribution is 2.17. The minimum absolute atomic E-state index is 0.00950. The molecule has 1 aliphatic rings. The summed E-state index contributed by atoms with van der Waals surface area (Å²) in [4.78, 5) is 20.2. The molecule has 0 N–H and O–H groups in total. The van der Waals surface area contributed by atoms with Crippen LogP contribution in [0.4, 0.5) is 10.2 Å². The first-order valence-electron chi connectivity index (χ1n) is 7.29. The van der Waals surface area contributed by atoms with Gasteiger partial charge in [-0.2, -0.15) is 5.26 Å². The molecule has 0 aliphatic carbocycles. The Balaban J connectivity index is 1.66. The number of hydrogen-bond acceptors (Lipinski definition) is 4. The number of nitriles is 1. The van der Waals surface area contributed by atoms with Crippen LogP contribution in [0, 0.1) is 17.1 Å². The molecular formula is C17H15FN4O. The Labute approximate surface area is 133 Å². The average Bonchev–Trinajstić information content (AvgIpc) is 2.58. The molecule has 0 spiro atoms. The van der Waals surface area contributed by atoms with Crippen LogP contribution in [0.5, 0.6) is 0 Å². The van der Waals surface area contributed by atoms with Gasteiger partial charge in [-0.3, -0.25) is 4.79 Å². The maximum Gasteiger partial charge on any atom is 0.242 e. The molecule has 1 aromatic carbocycles. The second-order valence-corrected chi connectivity index (χ2v) is 5.38. The van der Waals surface area contributed by atoms with Gasteiger partial charge in [0.2, 0.25) is 5.91 Å². The number of amides is 1. The second-order valence-electron chi connectivity index (χ2n) is 5.38. The molecule has 2 heterocycles. The molecule has 6 heteroatoms. The van der Waals surface area contributed by atoms with E-state index in [9.17, 15) is 9.18 Å². The van der Waals surface area contributed by atoms with Gasteiger partial charge in [0.15, 0.2) is 0 Å². The monoisotopic (exact) mass is 310 g/mol. The molecule has 1 fully saturated rings. The highest BCUT2D eigenvalue weighted by atomic mass is 19.1. The molecule has 2 aromatic rings. The molecule has 1 aliphatic heterocycles. The van der Waals surface area contributed by atoms with Crippen molar-refractivity contribution in [2.45, 2.75) is 6.54 Å². The lowest BCUT2D eigenvalue weighted by Crippen LogP contribution is -2.50. The number of nitrogens with zero attached hydrogens (tertiary/aromatic N) is 4. The zero-order valence-electron chi connectivity index (χ0n) is 12.4. The minimum atomic E-state index is -0.284. The number of pyridine rings is 1. The van der Waals surface area contributed by atoms with Crippen molar-refractivity contribution in [1.29, 1.82) is 5.26 Å². The number of hydrogen-bond donors (Lipinski definition) is 0. The van der Waals surface area contributed by atoms with E-state index in [1.165, 1.54) is 12.1 Å². The highest BCUT2D eigenvalue weighted by Gasteiger charge is 2.24. The van der Waals surface area contributed by atoms with Gasteiger partial charge in [-0.15, -0.1) is 0 Å². The summed E-state index contributed by atoms with van der Waals surface area (Å²) >= 11 is 0. The van der Waals surface area contributed by atoms with Crippen LogP contribution in [0.25, 0.3) is 0 Å². The van der Waals surface area contributed by atoms with Crippen LogP contribution in [0.15, 0.2) is 42.6 Å². The van der Waals surface area contributed by atoms with E-state index in [-0.39, 0.29) is 18.3 Å². The van der Waals surface area contributed by atoms with E-state index in [4.69, 9.17) is 5.26 Å². The van der Waals surface area contributed by atoms with Gasteiger partial charge in [-0.25, -0.2) is 9.37 Å². The van der Waals surface area contributed by atoms with Gasteiger partial charge in [0.05, 0.1) is 18.2 Å². The molecule has 0 radical (unpaired) electrons. The summed E-state index contributed by atoms with van der Waals surface area (Å²) in [5.74, 6) is 0.344. The number of anilines is 1. The number of halogens is 1. The van der Waals surface area contributed by atoms with Crippen molar-refractivity contribution in [3.05, 3.63) is 59.5 Å². The van der Waals surface area contributed by atoms with Crippen molar-refractivity contribution in [3.63, 3.8) is 0 Å². The maximum absolute atomic E-state index is 12.9. The molecule has 0 bridgehead atoms. The first-order chi connectivity index (χ1) is 11.2. The van der Waals surface area contributed by atoms with Crippen LogP contribution in [0.3, 0.4) is 0 Å². The van der Waals surface area contributed by atoms with Gasteiger partial charge in [0.1, 0.15) is 11.6 Å². The second kappa shape index (κ2) is 6.44. The lowest BCUT2D eigenvalue weighted by molar-refractivity contribution is -0.131. The number of carbonyl (C=O) groups is 1. The summed E-state index contributed by atoms with van der Waals surface area (Å²) in [5, 5.41) is 8.94. The topological polar surface area (TPSA) is 60.2 Å². The Morgan fingerprint density at radius 1 is 1.22 bits per heavy atom. The smallest absolute Gasteiger partial charge is 0.242 e. The normalized spacial score (nSPS) is 14.7. The molecule has 3 rings (SSSR count). The Hall–Kier alpha value is -2.94. The molecule has 0 unspecified atom stereocenters. The third kappa shape index (κ3) is 3.46. The predicted octanol–water partition coefficient (Wildman–Crippen LogP) is 1.94. The fourth-order valence-corrected chi connectivity index (χ4v) is 2.54. The van der Waals surface area contributed by atoms with Crippen LogP contribution >= 0.6 is 0 Å². The third-order valence-corrected chi connectivity index (χ3v) is 3.80. The quantitative estimate of drug-likeness (QED) is 0.869. The van der Waals surface area contributed by atoms with Gasteiger partial charge in [-0.05, 0) is 29.8 Å². The van der Waals surface area contributed by atoms with Crippen molar-refractivity contribution in [2.75, 3.05) is 24.5 Å². The molecular weight excluding hydrogens is 295 g/mol. The van der Waals surface area contributed by atoms with Crippen molar-refractivity contribution in [3.8, 4) is 6.07 Å². The fourth-order valence-electron chi connectivity index (χ4n) is 2.54. The number of benzene rings is 1. The third-order valence-electron chi connectivity index (χ3n) is 3.80. The standard InChI is InChI=1S/C17H15FN4O/c18-15-3-1-13(2-4-15)11-22-8-7-21(12-17(22)23)16-9-14(10-19)5-6-20-16/h1-6,9H,7-8,11-12H2. The van der Waals surface area contributed by atoms with Gasteiger partial charge >= 0.3 is 0 Å². The minimum Gasteiger partial charge on any atom is -0.345 e. The summed E-state index contributed by atoms with van der Waals surface area (Å²) < 4.78 is 12.9. The fraction of sp³-hybridized carbons (Fsp3) is 0.235. The Kier molecular flexibility index (Phi) is 4.20. The Bertz CT molecular complexity index is 754. The molecule has 5 nitrogen and oxygen atoms in total. The molecule has 116 valence electrons. The Morgan fingerprint density at radius 2 is 2.00 bits per heavy atom. The van der Waals surface area contributed by atoms with E-state index in [0.717, 1.165) is 5.56 Å². The zero-order chi connectivity index (χ0) is 16.2. The number of carbonyl (C=O) groups excluding carboxylic acids is 1. The molecule has 1 saturated heterocycles. The van der Waals surface area contributed by atoms with Crippen LogP contribution in [-0.2, 0) is 11.3 Å². The largest absolute Gasteiger partial charge is 0.345 e. The van der Waals surface area contributed by atoms with Crippen molar-refractivity contribution >= 4 is 11.7 Å². The lowest BCUT2D eigenvalue weighted by atomic mass is 10.2. The van der Waals surface area contributed by atoms with Crippen molar-refractivity contribution < 1.29 is 9.18 Å². The summed E-state index contributed by atoms with van der Waals surface area (Å²) in [5.41, 5.74) is 1.42. The lowest BCUT2D eigenvalue weighted by Gasteiger charge is -2.35. The first-order valence-corrected chi connectivity index (χ1v) is 7.29. The number of aromatic nitrogens is 1. The Morgan fingerprint density at radius 3 is 2.70 bits per heavy atom. The van der Waals surface area contributed by atoms with Gasteiger partial charge in [0, 0.05) is 25.8 Å². The van der Waals surface area contributed by atoms with Crippen molar-refractivity contribution in [2.24, 2.45) is 0 Å². The SMILES string of the molecule is N#Cc1ccnc(N2CCN(Cc3ccc(F)cc3)C(=O)C2)c1. The predicted molar refractivity (Wildman–Crippen MR) is 83.0 cm³/mol. The maximum atomic E-state index is 12.9. The molecule has 23 heavy (non-hydrogen) atoms. The average molecular weight is 310 g/mol. The van der Waals surface area contributed by atoms with E-state index < -0.39 is 0 Å². The summed E-state index contributed by atoms with van der Waals surface area (Å²) in [6.45, 7) is 1.91. The molecule has 1 aromatic heterocycles. The van der Waals surface area contributed by atoms with Crippen LogP contribution in [0.2, 0.25) is 0 Å². The molecule has 1 amide bonds. The summed E-state index contributed by atoms with van der Waals surface area (Å²) in [6.07, 6.45) is 1.57. The summed E-state index contributed by atoms with van der Waals surface area (Å²) in [7, 11) is 0. The zero-order valence-corrected chi connectivity index (χ0v) is 12.4. The van der Waals surface area contributed by atoms with Gasteiger partial charge < -0.3 is 9.80 Å². The number of rotatable bonds is 3. The van der Waals surface area contributed by atoms with E-state index in [1.54, 1.807) is 35.4 Å². The number of piperazine rings is 1. The van der Waals surface area contributed by atoms with Crippen LogP contribution in [-0.4, -0.2) is 35.4 Å². The van der Waals surface area contributed by atoms with E-state index in [1.807, 2.05) is 4.90 Å². The molecule has 0 saturated carbocycles. The van der Waals surface area contributed by atoms with E-state index >= 15 is 0 Å². The van der Waals surface area contributed by atoms with Crippen LogP contribution < -0.4 is 4.90 Å².